The van der Waals surface area contributed by atoms with Crippen molar-refractivity contribution in [1.82, 2.24) is 9.97 Å². The minimum absolute atomic E-state index is 0.116. The number of anilines is 2. The molecule has 5 heteroatoms. The lowest BCUT2D eigenvalue weighted by Gasteiger charge is -2.34. The third-order valence-electron chi connectivity index (χ3n) is 2.98. The van der Waals surface area contributed by atoms with E-state index in [2.05, 4.69) is 49.9 Å². The molecular weight excluding hydrogens is 264 g/mol. The fraction of sp³-hybridized carbons (Fsp3) is 0.750. The summed E-state index contributed by atoms with van der Waals surface area (Å²) in [7, 11) is 0. The van der Waals surface area contributed by atoms with E-state index in [1.807, 2.05) is 13.8 Å². The quantitative estimate of drug-likeness (QED) is 0.838. The van der Waals surface area contributed by atoms with Crippen LogP contribution in [0.5, 0.6) is 5.88 Å². The molecule has 3 N–H and O–H groups in total. The largest absolute Gasteiger partial charge is 0.476 e. The highest BCUT2D eigenvalue weighted by Crippen LogP contribution is 2.33. The molecule has 1 aromatic rings. The zero-order chi connectivity index (χ0) is 16.3. The second-order valence-corrected chi connectivity index (χ2v) is 7.24. The molecule has 1 rings (SSSR count). The molecule has 0 fully saturated rings. The number of nitrogens with two attached hydrogens (primary N) is 1. The maximum Gasteiger partial charge on any atom is 0.242 e. The molecule has 21 heavy (non-hydrogen) atoms. The molecule has 5 nitrogen and oxygen atoms in total. The average molecular weight is 294 g/mol. The number of nitrogens with one attached hydrogen (secondary N) is 1. The molecule has 0 unspecified atom stereocenters. The maximum absolute atomic E-state index is 6.15. The number of nitrogen functional groups attached to an aromatic ring is 1. The van der Waals surface area contributed by atoms with Gasteiger partial charge in [0, 0.05) is 12.0 Å². The van der Waals surface area contributed by atoms with Crippen LogP contribution in [0.1, 0.15) is 60.7 Å². The van der Waals surface area contributed by atoms with Gasteiger partial charge in [-0.3, -0.25) is 0 Å². The van der Waals surface area contributed by atoms with Gasteiger partial charge < -0.3 is 15.8 Å². The van der Waals surface area contributed by atoms with E-state index in [0.717, 1.165) is 18.7 Å². The molecule has 120 valence electrons. The van der Waals surface area contributed by atoms with Crippen molar-refractivity contribution in [3.05, 3.63) is 5.82 Å². The first-order valence-electron chi connectivity index (χ1n) is 7.65. The summed E-state index contributed by atoms with van der Waals surface area (Å²) >= 11 is 0. The van der Waals surface area contributed by atoms with E-state index in [4.69, 9.17) is 10.5 Å². The van der Waals surface area contributed by atoms with Gasteiger partial charge in [0.2, 0.25) is 5.88 Å². The van der Waals surface area contributed by atoms with E-state index in [0.29, 0.717) is 24.0 Å². The molecule has 0 aliphatic carbocycles. The minimum Gasteiger partial charge on any atom is -0.476 e. The minimum atomic E-state index is -0.116. The van der Waals surface area contributed by atoms with Crippen molar-refractivity contribution in [2.45, 2.75) is 66.8 Å². The van der Waals surface area contributed by atoms with Crippen molar-refractivity contribution in [3.8, 4) is 5.88 Å². The van der Waals surface area contributed by atoms with Crippen LogP contribution in [0.2, 0.25) is 0 Å². The molecule has 0 spiro atoms. The van der Waals surface area contributed by atoms with Gasteiger partial charge in [0.15, 0.2) is 5.82 Å². The molecule has 0 radical (unpaired) electrons. The summed E-state index contributed by atoms with van der Waals surface area (Å²) < 4.78 is 5.52. The molecule has 0 aliphatic heterocycles. The molecule has 1 heterocycles. The van der Waals surface area contributed by atoms with Gasteiger partial charge in [-0.25, -0.2) is 4.98 Å². The fourth-order valence-corrected chi connectivity index (χ4v) is 2.68. The molecule has 0 aromatic carbocycles. The summed E-state index contributed by atoms with van der Waals surface area (Å²) in [6.07, 6.45) is 1.74. The van der Waals surface area contributed by atoms with Crippen LogP contribution in [-0.4, -0.2) is 22.1 Å². The van der Waals surface area contributed by atoms with E-state index >= 15 is 0 Å². The van der Waals surface area contributed by atoms with Gasteiger partial charge in [0.25, 0.3) is 0 Å². The van der Waals surface area contributed by atoms with Crippen molar-refractivity contribution in [2.24, 2.45) is 5.41 Å². The standard InChI is InChI=1S/C16H30N4O/c1-8-11-18-13(12(17)14(19-11)21-9-2)20-16(6,7)10-15(3,4)5/h8-10,17H2,1-7H3,(H,18,19,20). The lowest BCUT2D eigenvalue weighted by atomic mass is 9.82. The maximum atomic E-state index is 6.15. The number of aromatic nitrogens is 2. The Hall–Kier alpha value is -1.52. The summed E-state index contributed by atoms with van der Waals surface area (Å²) in [5.41, 5.74) is 6.73. The number of rotatable bonds is 6. The second kappa shape index (κ2) is 6.50. The van der Waals surface area contributed by atoms with E-state index in [1.54, 1.807) is 0 Å². The van der Waals surface area contributed by atoms with Crippen LogP contribution < -0.4 is 15.8 Å². The SMILES string of the molecule is CCOc1nc(CC)nc(NC(C)(C)CC(C)(C)C)c1N. The molecule has 0 amide bonds. The van der Waals surface area contributed by atoms with Gasteiger partial charge in [0.1, 0.15) is 11.5 Å². The first kappa shape index (κ1) is 17.5. The number of hydrogen-bond donors (Lipinski definition) is 2. The Balaban J connectivity index is 3.09. The van der Waals surface area contributed by atoms with E-state index in [1.165, 1.54) is 0 Å². The van der Waals surface area contributed by atoms with Crippen molar-refractivity contribution in [2.75, 3.05) is 17.7 Å². The molecule has 0 atom stereocenters. The van der Waals surface area contributed by atoms with Crippen LogP contribution in [-0.2, 0) is 6.42 Å². The van der Waals surface area contributed by atoms with Crippen molar-refractivity contribution in [1.29, 1.82) is 0 Å². The Morgan fingerprint density at radius 2 is 1.71 bits per heavy atom. The zero-order valence-electron chi connectivity index (χ0n) is 14.5. The average Bonchev–Trinajstić information content (AvgIpc) is 2.30. The van der Waals surface area contributed by atoms with Crippen LogP contribution in [0, 0.1) is 5.41 Å². The van der Waals surface area contributed by atoms with Gasteiger partial charge in [0.05, 0.1) is 6.61 Å². The number of hydrogen-bond acceptors (Lipinski definition) is 5. The van der Waals surface area contributed by atoms with Gasteiger partial charge in [-0.1, -0.05) is 27.7 Å². The third-order valence-corrected chi connectivity index (χ3v) is 2.98. The van der Waals surface area contributed by atoms with Crippen molar-refractivity contribution in [3.63, 3.8) is 0 Å². The first-order valence-corrected chi connectivity index (χ1v) is 7.65. The van der Waals surface area contributed by atoms with Gasteiger partial charge in [-0.15, -0.1) is 0 Å². The van der Waals surface area contributed by atoms with Crippen molar-refractivity contribution < 1.29 is 4.74 Å². The van der Waals surface area contributed by atoms with Crippen LogP contribution in [0.25, 0.3) is 0 Å². The Morgan fingerprint density at radius 3 is 2.19 bits per heavy atom. The van der Waals surface area contributed by atoms with Gasteiger partial charge >= 0.3 is 0 Å². The predicted octanol–water partition coefficient (Wildman–Crippen LogP) is 3.65. The third kappa shape index (κ3) is 5.40. The van der Waals surface area contributed by atoms with Gasteiger partial charge in [-0.2, -0.15) is 4.98 Å². The lowest BCUT2D eigenvalue weighted by molar-refractivity contribution is 0.301. The predicted molar refractivity (Wildman–Crippen MR) is 88.8 cm³/mol. The first-order chi connectivity index (χ1) is 9.58. The van der Waals surface area contributed by atoms with Crippen molar-refractivity contribution >= 4 is 11.5 Å². The van der Waals surface area contributed by atoms with Crippen LogP contribution in [0.15, 0.2) is 0 Å². The Labute approximate surface area is 128 Å². The van der Waals surface area contributed by atoms with E-state index < -0.39 is 0 Å². The molecular formula is C16H30N4O. The number of nitrogens with zero attached hydrogens (tertiary/aromatic N) is 2. The summed E-state index contributed by atoms with van der Waals surface area (Å²) in [6, 6.07) is 0. The highest BCUT2D eigenvalue weighted by molar-refractivity contribution is 5.67. The zero-order valence-corrected chi connectivity index (χ0v) is 14.5. The number of ether oxygens (including phenoxy) is 1. The molecule has 0 aliphatic rings. The smallest absolute Gasteiger partial charge is 0.242 e. The number of aryl methyl sites for hydroxylation is 1. The van der Waals surface area contributed by atoms with Crippen LogP contribution >= 0.6 is 0 Å². The monoisotopic (exact) mass is 294 g/mol. The van der Waals surface area contributed by atoms with E-state index in [-0.39, 0.29) is 11.0 Å². The second-order valence-electron chi connectivity index (χ2n) is 7.24. The topological polar surface area (TPSA) is 73.1 Å². The Morgan fingerprint density at radius 1 is 1.10 bits per heavy atom. The summed E-state index contributed by atoms with van der Waals surface area (Å²) in [4.78, 5) is 8.87. The summed E-state index contributed by atoms with van der Waals surface area (Å²) in [5, 5.41) is 3.46. The lowest BCUT2D eigenvalue weighted by Crippen LogP contribution is -2.36. The summed E-state index contributed by atoms with van der Waals surface area (Å²) in [5.74, 6) is 1.87. The highest BCUT2D eigenvalue weighted by Gasteiger charge is 2.27. The Kier molecular flexibility index (Phi) is 5.42. The Bertz CT molecular complexity index is 478. The van der Waals surface area contributed by atoms with Crippen LogP contribution in [0.4, 0.5) is 11.5 Å². The molecule has 1 aromatic heterocycles. The van der Waals surface area contributed by atoms with E-state index in [9.17, 15) is 0 Å². The van der Waals surface area contributed by atoms with Crippen LogP contribution in [0.3, 0.4) is 0 Å². The summed E-state index contributed by atoms with van der Waals surface area (Å²) in [6.45, 7) is 15.5. The molecule has 0 saturated heterocycles. The normalized spacial score (nSPS) is 12.3. The molecule has 0 bridgehead atoms. The van der Waals surface area contributed by atoms with Gasteiger partial charge in [-0.05, 0) is 32.6 Å². The molecule has 0 saturated carbocycles. The fourth-order valence-electron chi connectivity index (χ4n) is 2.68. The highest BCUT2D eigenvalue weighted by atomic mass is 16.5.